The van der Waals surface area contributed by atoms with Crippen LogP contribution in [-0.2, 0) is 5.88 Å². The summed E-state index contributed by atoms with van der Waals surface area (Å²) < 4.78 is 16.1. The number of benzene rings is 1. The van der Waals surface area contributed by atoms with Crippen molar-refractivity contribution in [3.05, 3.63) is 33.2 Å². The molecule has 0 saturated heterocycles. The monoisotopic (exact) mass is 341 g/mol. The van der Waals surface area contributed by atoms with E-state index in [1.54, 1.807) is 4.57 Å². The molecule has 7 nitrogen and oxygen atoms in total. The standard InChI is InChI=1S/C14H13FN2O5S/c1-3-17(21,22)8-4-7-9(6(2)11(8)15)12(18)10(14(19)20)13-16(7)5-23-13/h4,21-22H,3,5H2,1-2H3/p+1. The smallest absolute Gasteiger partial charge is 0.342 e. The molecule has 1 aromatic carbocycles. The largest absolute Gasteiger partial charge is 0.477 e. The van der Waals surface area contributed by atoms with Gasteiger partial charge in [-0.25, -0.2) is 4.79 Å². The molecule has 2 heterocycles. The van der Waals surface area contributed by atoms with Crippen LogP contribution in [0.1, 0.15) is 22.8 Å². The second-order valence-electron chi connectivity index (χ2n) is 5.29. The van der Waals surface area contributed by atoms with E-state index in [0.717, 1.165) is 0 Å². The van der Waals surface area contributed by atoms with Gasteiger partial charge in [0.05, 0.1) is 21.8 Å². The van der Waals surface area contributed by atoms with Crippen molar-refractivity contribution in [2.45, 2.75) is 24.8 Å². The maximum Gasteiger partial charge on any atom is 0.342 e. The van der Waals surface area contributed by atoms with E-state index in [2.05, 4.69) is 0 Å². The van der Waals surface area contributed by atoms with Crippen molar-refractivity contribution in [1.29, 1.82) is 0 Å². The molecule has 0 unspecified atom stereocenters. The molecular formula is C14H14FN2O5S+. The first kappa shape index (κ1) is 15.9. The molecule has 3 N–H and O–H groups in total. The maximum atomic E-state index is 14.5. The Morgan fingerprint density at radius 3 is 2.61 bits per heavy atom. The van der Waals surface area contributed by atoms with Gasteiger partial charge in [-0.3, -0.25) is 4.79 Å². The van der Waals surface area contributed by atoms with Gasteiger partial charge in [-0.2, -0.15) is 14.8 Å². The molecule has 0 atom stereocenters. The summed E-state index contributed by atoms with van der Waals surface area (Å²) >= 11 is 1.20. The normalized spacial score (nSPS) is 13.8. The molecule has 1 aromatic heterocycles. The van der Waals surface area contributed by atoms with Crippen LogP contribution in [0.15, 0.2) is 15.9 Å². The van der Waals surface area contributed by atoms with E-state index in [-0.39, 0.29) is 33.8 Å². The van der Waals surface area contributed by atoms with Crippen molar-refractivity contribution in [2.24, 2.45) is 0 Å². The number of nitrogens with zero attached hydrogens (tertiary/aromatic N) is 2. The van der Waals surface area contributed by atoms with Crippen LogP contribution < -0.4 is 10.2 Å². The lowest BCUT2D eigenvalue weighted by Crippen LogP contribution is -2.42. The molecule has 23 heavy (non-hydrogen) atoms. The van der Waals surface area contributed by atoms with E-state index in [0.29, 0.717) is 11.4 Å². The van der Waals surface area contributed by atoms with Gasteiger partial charge in [-0.1, -0.05) is 11.8 Å². The van der Waals surface area contributed by atoms with E-state index in [1.165, 1.54) is 31.7 Å². The molecule has 122 valence electrons. The highest BCUT2D eigenvalue weighted by Gasteiger charge is 2.35. The number of hydrogen-bond donors (Lipinski definition) is 3. The van der Waals surface area contributed by atoms with Crippen molar-refractivity contribution >= 4 is 34.3 Å². The second-order valence-corrected chi connectivity index (χ2v) is 6.22. The molecule has 1 aliphatic rings. The third-order valence-electron chi connectivity index (χ3n) is 4.03. The molecular weight excluding hydrogens is 327 g/mol. The predicted octanol–water partition coefficient (Wildman–Crippen LogP) is 2.32. The van der Waals surface area contributed by atoms with Gasteiger partial charge >= 0.3 is 5.97 Å². The van der Waals surface area contributed by atoms with E-state index in [1.807, 2.05) is 0 Å². The number of pyridine rings is 1. The molecule has 0 spiro atoms. The van der Waals surface area contributed by atoms with Crippen LogP contribution in [0, 0.1) is 12.7 Å². The number of halogens is 1. The minimum atomic E-state index is -1.65. The Bertz CT molecular complexity index is 922. The Labute approximate surface area is 133 Å². The van der Waals surface area contributed by atoms with Crippen molar-refractivity contribution in [1.82, 2.24) is 9.38 Å². The van der Waals surface area contributed by atoms with E-state index in [9.17, 15) is 29.5 Å². The van der Waals surface area contributed by atoms with Crippen molar-refractivity contribution in [2.75, 3.05) is 6.54 Å². The second kappa shape index (κ2) is 5.03. The van der Waals surface area contributed by atoms with Crippen LogP contribution in [0.4, 0.5) is 10.1 Å². The summed E-state index contributed by atoms with van der Waals surface area (Å²) in [5, 5.41) is 29.3. The molecule has 2 aromatic rings. The van der Waals surface area contributed by atoms with Gasteiger partial charge in [0.2, 0.25) is 11.1 Å². The fraction of sp³-hybridized carbons (Fsp3) is 0.286. The molecule has 3 rings (SSSR count). The van der Waals surface area contributed by atoms with Crippen LogP contribution in [0.25, 0.3) is 10.9 Å². The zero-order chi connectivity index (χ0) is 17.1. The summed E-state index contributed by atoms with van der Waals surface area (Å²) in [4.78, 5) is 22.2. The third-order valence-corrected chi connectivity index (χ3v) is 5.12. The van der Waals surface area contributed by atoms with Crippen molar-refractivity contribution in [3.8, 4) is 0 Å². The van der Waals surface area contributed by atoms with Gasteiger partial charge in [-0.15, -0.1) is 0 Å². The average molecular weight is 341 g/mol. The van der Waals surface area contributed by atoms with Crippen LogP contribution in [0.3, 0.4) is 0 Å². The number of carbonyl (C=O) groups is 1. The molecule has 0 radical (unpaired) electrons. The Morgan fingerprint density at radius 2 is 2.13 bits per heavy atom. The summed E-state index contributed by atoms with van der Waals surface area (Å²) in [6, 6.07) is 1.19. The number of aromatic nitrogens is 1. The van der Waals surface area contributed by atoms with E-state index < -0.39 is 22.0 Å². The number of hydroxylamine groups is 2. The maximum absolute atomic E-state index is 14.5. The Balaban J connectivity index is 2.50. The lowest BCUT2D eigenvalue weighted by Gasteiger charge is -2.27. The number of hydrogen-bond acceptors (Lipinski definition) is 5. The van der Waals surface area contributed by atoms with Gasteiger partial charge in [0.1, 0.15) is 12.1 Å². The fourth-order valence-corrected chi connectivity index (χ4v) is 3.63. The Kier molecular flexibility index (Phi) is 3.49. The van der Waals surface area contributed by atoms with E-state index in [4.69, 9.17) is 0 Å². The lowest BCUT2D eigenvalue weighted by molar-refractivity contribution is -0.289. The topological polar surface area (TPSA) is 99.8 Å². The summed E-state index contributed by atoms with van der Waals surface area (Å²) in [5.41, 5.74) is -1.34. The molecule has 0 saturated carbocycles. The summed E-state index contributed by atoms with van der Waals surface area (Å²) in [6.45, 7) is 2.59. The number of carboxylic acid groups (broad SMARTS) is 1. The minimum absolute atomic E-state index is 0.0520. The number of carboxylic acids is 1. The average Bonchev–Trinajstić information content (AvgIpc) is 2.44. The SMILES string of the molecule is CC[N+](O)(O)c1cc2c(c(C)c1F)c(=O)c(C(=O)O)c1n2CS1. The summed E-state index contributed by atoms with van der Waals surface area (Å²) in [7, 11) is 0. The number of rotatable bonds is 3. The molecule has 9 heteroatoms. The molecule has 0 bridgehead atoms. The van der Waals surface area contributed by atoms with Gasteiger partial charge < -0.3 is 9.67 Å². The highest BCUT2D eigenvalue weighted by molar-refractivity contribution is 7.99. The van der Waals surface area contributed by atoms with Gasteiger partial charge in [0.15, 0.2) is 5.82 Å². The third kappa shape index (κ3) is 2.08. The fourth-order valence-electron chi connectivity index (χ4n) is 2.68. The lowest BCUT2D eigenvalue weighted by atomic mass is 10.0. The van der Waals surface area contributed by atoms with Gasteiger partial charge in [-0.05, 0) is 18.7 Å². The molecule has 0 amide bonds. The zero-order valence-corrected chi connectivity index (χ0v) is 13.1. The van der Waals surface area contributed by atoms with Crippen molar-refractivity contribution in [3.63, 3.8) is 0 Å². The van der Waals surface area contributed by atoms with Crippen molar-refractivity contribution < 1.29 is 24.7 Å². The quantitative estimate of drug-likeness (QED) is 0.585. The highest BCUT2D eigenvalue weighted by atomic mass is 32.2. The Morgan fingerprint density at radius 1 is 1.48 bits per heavy atom. The molecule has 0 fully saturated rings. The number of fused-ring (bicyclic) bond motifs is 3. The number of thioether (sulfide) groups is 1. The summed E-state index contributed by atoms with van der Waals surface area (Å²) in [5.74, 6) is -1.90. The van der Waals surface area contributed by atoms with E-state index >= 15 is 0 Å². The minimum Gasteiger partial charge on any atom is -0.477 e. The predicted molar refractivity (Wildman–Crippen MR) is 81.6 cm³/mol. The number of aromatic carboxylic acids is 1. The first-order valence-corrected chi connectivity index (χ1v) is 7.79. The number of aryl methyl sites for hydroxylation is 1. The number of quaternary nitrogens is 1. The van der Waals surface area contributed by atoms with Gasteiger partial charge in [0.25, 0.3) is 0 Å². The first-order chi connectivity index (χ1) is 10.7. The molecule has 0 aliphatic carbocycles. The Hall–Kier alpha value is -1.94. The molecule has 1 aliphatic heterocycles. The van der Waals surface area contributed by atoms with Crippen LogP contribution in [0.2, 0.25) is 0 Å². The van der Waals surface area contributed by atoms with Gasteiger partial charge in [0, 0.05) is 11.6 Å². The first-order valence-electron chi connectivity index (χ1n) is 6.80. The van der Waals surface area contributed by atoms with Crippen LogP contribution >= 0.6 is 11.8 Å². The summed E-state index contributed by atoms with van der Waals surface area (Å²) in [6.07, 6.45) is 0. The van der Waals surface area contributed by atoms with Crippen LogP contribution in [-0.4, -0.2) is 32.6 Å². The highest BCUT2D eigenvalue weighted by Crippen LogP contribution is 2.39. The van der Waals surface area contributed by atoms with Crippen LogP contribution in [0.5, 0.6) is 0 Å². The zero-order valence-electron chi connectivity index (χ0n) is 12.3.